The molecule has 0 atom stereocenters. The monoisotopic (exact) mass is 313 g/mol. The number of hydrogen-bond acceptors (Lipinski definition) is 2. The fourth-order valence-corrected chi connectivity index (χ4v) is 3.53. The van der Waals surface area contributed by atoms with Gasteiger partial charge in [0.2, 0.25) is 0 Å². The molecule has 0 aliphatic heterocycles. The van der Waals surface area contributed by atoms with E-state index in [2.05, 4.69) is 25.1 Å². The van der Waals surface area contributed by atoms with E-state index in [0.717, 1.165) is 12.2 Å². The summed E-state index contributed by atoms with van der Waals surface area (Å²) in [5.41, 5.74) is 2.14. The molecule has 0 radical (unpaired) electrons. The largest absolute Gasteiger partial charge is 0.378 e. The maximum Gasteiger partial charge on any atom is 0.0991 e. The van der Waals surface area contributed by atoms with Gasteiger partial charge in [-0.1, -0.05) is 51.2 Å². The van der Waals surface area contributed by atoms with E-state index >= 15 is 0 Å². The molecular weight excluding hydrogens is 282 g/mol. The molecule has 2 nitrogen and oxygen atoms in total. The van der Waals surface area contributed by atoms with E-state index in [4.69, 9.17) is 10.00 Å². The molecule has 0 heterocycles. The summed E-state index contributed by atoms with van der Waals surface area (Å²) >= 11 is 0. The van der Waals surface area contributed by atoms with Gasteiger partial charge in [-0.15, -0.1) is 0 Å². The Balaban J connectivity index is 1.59. The van der Waals surface area contributed by atoms with Gasteiger partial charge in [0.15, 0.2) is 0 Å². The summed E-state index contributed by atoms with van der Waals surface area (Å²) in [6, 6.07) is 10.3. The quantitative estimate of drug-likeness (QED) is 0.527. The molecule has 0 amide bonds. The van der Waals surface area contributed by atoms with E-state index in [1.54, 1.807) is 0 Å². The highest BCUT2D eigenvalue weighted by Crippen LogP contribution is 2.34. The Morgan fingerprint density at radius 2 is 1.61 bits per heavy atom. The van der Waals surface area contributed by atoms with Gasteiger partial charge in [-0.05, 0) is 55.7 Å². The van der Waals surface area contributed by atoms with E-state index in [1.165, 1.54) is 69.8 Å². The van der Waals surface area contributed by atoms with Crippen molar-refractivity contribution in [1.29, 1.82) is 5.26 Å². The van der Waals surface area contributed by atoms with Crippen LogP contribution in [0.5, 0.6) is 0 Å². The first-order chi connectivity index (χ1) is 11.3. The number of nitriles is 1. The second kappa shape index (κ2) is 10.4. The van der Waals surface area contributed by atoms with Crippen molar-refractivity contribution in [3.8, 4) is 6.07 Å². The topological polar surface area (TPSA) is 33.0 Å². The highest BCUT2D eigenvalue weighted by Gasteiger charge is 2.22. The van der Waals surface area contributed by atoms with Gasteiger partial charge >= 0.3 is 0 Å². The van der Waals surface area contributed by atoms with Crippen LogP contribution in [0.3, 0.4) is 0 Å². The SMILES string of the molecule is CCCCCCCCOC1CCC(c2ccc(C#N)cc2)CC1. The molecule has 1 aromatic carbocycles. The lowest BCUT2D eigenvalue weighted by molar-refractivity contribution is 0.0226. The zero-order chi connectivity index (χ0) is 16.3. The smallest absolute Gasteiger partial charge is 0.0991 e. The predicted molar refractivity (Wildman–Crippen MR) is 95.5 cm³/mol. The molecule has 2 heteroatoms. The van der Waals surface area contributed by atoms with Crippen LogP contribution in [0, 0.1) is 11.3 Å². The average Bonchev–Trinajstić information content (AvgIpc) is 2.61. The Kier molecular flexibility index (Phi) is 8.18. The molecule has 126 valence electrons. The van der Waals surface area contributed by atoms with Crippen LogP contribution in [-0.2, 0) is 4.74 Å². The van der Waals surface area contributed by atoms with E-state index in [-0.39, 0.29) is 0 Å². The Hall–Kier alpha value is -1.33. The highest BCUT2D eigenvalue weighted by atomic mass is 16.5. The molecular formula is C21H31NO. The van der Waals surface area contributed by atoms with E-state index < -0.39 is 0 Å². The van der Waals surface area contributed by atoms with Crippen molar-refractivity contribution in [2.75, 3.05) is 6.61 Å². The van der Waals surface area contributed by atoms with Gasteiger partial charge in [-0.2, -0.15) is 5.26 Å². The first kappa shape index (κ1) is 18.0. The molecule has 0 bridgehead atoms. The maximum absolute atomic E-state index is 8.87. The van der Waals surface area contributed by atoms with E-state index in [9.17, 15) is 0 Å². The summed E-state index contributed by atoms with van der Waals surface area (Å²) in [4.78, 5) is 0. The molecule has 1 aliphatic rings. The summed E-state index contributed by atoms with van der Waals surface area (Å²) < 4.78 is 6.07. The van der Waals surface area contributed by atoms with Crippen LogP contribution in [-0.4, -0.2) is 12.7 Å². The second-order valence-electron chi connectivity index (χ2n) is 6.85. The third-order valence-electron chi connectivity index (χ3n) is 5.04. The Morgan fingerprint density at radius 1 is 0.957 bits per heavy atom. The van der Waals surface area contributed by atoms with Gasteiger partial charge in [0.1, 0.15) is 0 Å². The number of unbranched alkanes of at least 4 members (excludes halogenated alkanes) is 5. The van der Waals surface area contributed by atoms with Crippen LogP contribution < -0.4 is 0 Å². The third kappa shape index (κ3) is 6.36. The average molecular weight is 313 g/mol. The standard InChI is InChI=1S/C21H31NO/c1-2-3-4-5-6-7-16-23-21-14-12-20(13-15-21)19-10-8-18(17-22)9-11-19/h8-11,20-21H,2-7,12-16H2,1H3. The Morgan fingerprint density at radius 3 is 2.26 bits per heavy atom. The maximum atomic E-state index is 8.87. The summed E-state index contributed by atoms with van der Waals surface area (Å²) in [6.45, 7) is 3.20. The molecule has 1 saturated carbocycles. The number of nitrogens with zero attached hydrogens (tertiary/aromatic N) is 1. The molecule has 1 aliphatic carbocycles. The fraction of sp³-hybridized carbons (Fsp3) is 0.667. The van der Waals surface area contributed by atoms with Crippen molar-refractivity contribution in [2.45, 2.75) is 83.2 Å². The van der Waals surface area contributed by atoms with Crippen molar-refractivity contribution in [1.82, 2.24) is 0 Å². The summed E-state index contributed by atoms with van der Waals surface area (Å²) in [7, 11) is 0. The van der Waals surface area contributed by atoms with Crippen LogP contribution >= 0.6 is 0 Å². The minimum Gasteiger partial charge on any atom is -0.378 e. The fourth-order valence-electron chi connectivity index (χ4n) is 3.53. The van der Waals surface area contributed by atoms with Crippen molar-refractivity contribution >= 4 is 0 Å². The molecule has 2 rings (SSSR count). The van der Waals surface area contributed by atoms with Gasteiger partial charge in [-0.3, -0.25) is 0 Å². The molecule has 0 aromatic heterocycles. The number of benzene rings is 1. The lowest BCUT2D eigenvalue weighted by Gasteiger charge is -2.29. The Labute approximate surface area is 141 Å². The normalized spacial score (nSPS) is 21.0. The minimum atomic E-state index is 0.472. The number of ether oxygens (including phenoxy) is 1. The number of hydrogen-bond donors (Lipinski definition) is 0. The molecule has 0 N–H and O–H groups in total. The van der Waals surface area contributed by atoms with Crippen molar-refractivity contribution in [2.24, 2.45) is 0 Å². The molecule has 0 unspecified atom stereocenters. The lowest BCUT2D eigenvalue weighted by Crippen LogP contribution is -2.21. The van der Waals surface area contributed by atoms with Gasteiger partial charge in [0.05, 0.1) is 17.7 Å². The Bertz CT molecular complexity index is 466. The molecule has 0 saturated heterocycles. The predicted octanol–water partition coefficient (Wildman–Crippen LogP) is 5.96. The van der Waals surface area contributed by atoms with E-state index in [0.29, 0.717) is 12.0 Å². The first-order valence-corrected chi connectivity index (χ1v) is 9.45. The molecule has 1 aromatic rings. The van der Waals surface area contributed by atoms with Gasteiger partial charge in [0, 0.05) is 6.61 Å². The third-order valence-corrected chi connectivity index (χ3v) is 5.04. The second-order valence-corrected chi connectivity index (χ2v) is 6.85. The van der Waals surface area contributed by atoms with E-state index in [1.807, 2.05) is 12.1 Å². The summed E-state index contributed by atoms with van der Waals surface area (Å²) in [5.74, 6) is 0.650. The van der Waals surface area contributed by atoms with Gasteiger partial charge in [-0.25, -0.2) is 0 Å². The zero-order valence-electron chi connectivity index (χ0n) is 14.6. The lowest BCUT2D eigenvalue weighted by atomic mass is 9.82. The van der Waals surface area contributed by atoms with Crippen LogP contribution in [0.2, 0.25) is 0 Å². The summed E-state index contributed by atoms with van der Waals surface area (Å²) in [5, 5.41) is 8.87. The van der Waals surface area contributed by atoms with Gasteiger partial charge < -0.3 is 4.74 Å². The van der Waals surface area contributed by atoms with Gasteiger partial charge in [0.25, 0.3) is 0 Å². The van der Waals surface area contributed by atoms with Crippen LogP contribution in [0.4, 0.5) is 0 Å². The molecule has 1 fully saturated rings. The van der Waals surface area contributed by atoms with Crippen molar-refractivity contribution in [3.05, 3.63) is 35.4 Å². The first-order valence-electron chi connectivity index (χ1n) is 9.45. The summed E-state index contributed by atoms with van der Waals surface area (Å²) in [6.07, 6.45) is 13.2. The zero-order valence-corrected chi connectivity index (χ0v) is 14.6. The van der Waals surface area contributed by atoms with Crippen molar-refractivity contribution < 1.29 is 4.74 Å². The van der Waals surface area contributed by atoms with Crippen molar-refractivity contribution in [3.63, 3.8) is 0 Å². The molecule has 23 heavy (non-hydrogen) atoms. The van der Waals surface area contributed by atoms with Crippen LogP contribution in [0.1, 0.15) is 88.2 Å². The molecule has 0 spiro atoms. The minimum absolute atomic E-state index is 0.472. The van der Waals surface area contributed by atoms with Crippen LogP contribution in [0.15, 0.2) is 24.3 Å². The van der Waals surface area contributed by atoms with Crippen LogP contribution in [0.25, 0.3) is 0 Å². The highest BCUT2D eigenvalue weighted by molar-refractivity contribution is 5.33. The number of rotatable bonds is 9.